The number of nitrogens with one attached hydrogen (secondary N) is 1. The molecule has 3 heteroatoms. The van der Waals surface area contributed by atoms with E-state index < -0.39 is 0 Å². The first-order chi connectivity index (χ1) is 10.9. The molecule has 0 unspecified atom stereocenters. The molecule has 0 aliphatic rings. The number of hydrogen-bond donors (Lipinski definition) is 1. The van der Waals surface area contributed by atoms with Gasteiger partial charge in [0.1, 0.15) is 0 Å². The summed E-state index contributed by atoms with van der Waals surface area (Å²) in [4.78, 5) is 0. The summed E-state index contributed by atoms with van der Waals surface area (Å²) in [7, 11) is 0. The number of rotatable bonds is 3. The van der Waals surface area contributed by atoms with Crippen molar-refractivity contribution in [2.75, 3.05) is 5.32 Å². The minimum absolute atomic E-state index is 0.971. The van der Waals surface area contributed by atoms with E-state index in [1.54, 1.807) is 0 Å². The predicted molar refractivity (Wildman–Crippen MR) is 90.8 cm³/mol. The lowest BCUT2D eigenvalue weighted by molar-refractivity contribution is 0.881. The average molecular weight is 285 g/mol. The maximum Gasteiger partial charge on any atom is 0.0775 e. The minimum atomic E-state index is 0.971. The van der Waals surface area contributed by atoms with Gasteiger partial charge in [0.15, 0.2) is 0 Å². The Morgan fingerprint density at radius 1 is 0.727 bits per heavy atom. The Morgan fingerprint density at radius 2 is 1.50 bits per heavy atom. The summed E-state index contributed by atoms with van der Waals surface area (Å²) in [5.74, 6) is 0. The Hall–Kier alpha value is -3.07. The van der Waals surface area contributed by atoms with Crippen LogP contribution in [-0.4, -0.2) is 9.78 Å². The number of nitrogens with zero attached hydrogens (tertiary/aromatic N) is 2. The molecule has 22 heavy (non-hydrogen) atoms. The van der Waals surface area contributed by atoms with Gasteiger partial charge in [-0.25, -0.2) is 4.68 Å². The zero-order valence-corrected chi connectivity index (χ0v) is 12.0. The molecule has 0 saturated carbocycles. The van der Waals surface area contributed by atoms with Gasteiger partial charge in [-0.2, -0.15) is 5.10 Å². The second kappa shape index (κ2) is 5.37. The van der Waals surface area contributed by atoms with Gasteiger partial charge in [-0.3, -0.25) is 0 Å². The van der Waals surface area contributed by atoms with Crippen LogP contribution in [0.1, 0.15) is 0 Å². The van der Waals surface area contributed by atoms with Crippen LogP contribution in [0.4, 0.5) is 11.4 Å². The van der Waals surface area contributed by atoms with Crippen molar-refractivity contribution in [3.05, 3.63) is 85.2 Å². The van der Waals surface area contributed by atoms with Crippen molar-refractivity contribution in [1.82, 2.24) is 9.78 Å². The number of hydrogen-bond acceptors (Lipinski definition) is 2. The Kier molecular flexibility index (Phi) is 3.09. The molecule has 0 radical (unpaired) electrons. The Morgan fingerprint density at radius 3 is 2.36 bits per heavy atom. The third kappa shape index (κ3) is 2.44. The van der Waals surface area contributed by atoms with Gasteiger partial charge >= 0.3 is 0 Å². The summed E-state index contributed by atoms with van der Waals surface area (Å²) in [6.07, 6.45) is 3.83. The molecule has 3 aromatic carbocycles. The number of benzene rings is 3. The highest BCUT2D eigenvalue weighted by Crippen LogP contribution is 2.22. The molecule has 0 spiro atoms. The van der Waals surface area contributed by atoms with Crippen molar-refractivity contribution < 1.29 is 0 Å². The van der Waals surface area contributed by atoms with E-state index in [1.165, 1.54) is 10.8 Å². The molecule has 1 N–H and O–H groups in total. The van der Waals surface area contributed by atoms with E-state index in [1.807, 2.05) is 47.4 Å². The van der Waals surface area contributed by atoms with Gasteiger partial charge in [0.2, 0.25) is 0 Å². The number of aromatic nitrogens is 2. The van der Waals surface area contributed by atoms with Gasteiger partial charge in [-0.05, 0) is 35.0 Å². The molecule has 0 aliphatic heterocycles. The van der Waals surface area contributed by atoms with Crippen molar-refractivity contribution in [3.63, 3.8) is 0 Å². The van der Waals surface area contributed by atoms with Crippen LogP contribution in [0.3, 0.4) is 0 Å². The average Bonchev–Trinajstić information content (AvgIpc) is 3.04. The Bertz CT molecular complexity index is 910. The molecule has 0 aliphatic carbocycles. The highest BCUT2D eigenvalue weighted by Gasteiger charge is 2.02. The summed E-state index contributed by atoms with van der Waals surface area (Å²) < 4.78 is 1.86. The lowest BCUT2D eigenvalue weighted by atomic mass is 10.1. The molecule has 4 aromatic rings. The molecule has 4 rings (SSSR count). The topological polar surface area (TPSA) is 29.9 Å². The van der Waals surface area contributed by atoms with Crippen molar-refractivity contribution in [2.45, 2.75) is 0 Å². The monoisotopic (exact) mass is 285 g/mol. The van der Waals surface area contributed by atoms with E-state index in [0.717, 1.165) is 17.1 Å². The molecule has 106 valence electrons. The molecular weight excluding hydrogens is 270 g/mol. The van der Waals surface area contributed by atoms with Crippen molar-refractivity contribution in [2.24, 2.45) is 0 Å². The predicted octanol–water partition coefficient (Wildman–Crippen LogP) is 4.77. The third-order valence-electron chi connectivity index (χ3n) is 3.64. The fourth-order valence-electron chi connectivity index (χ4n) is 2.54. The van der Waals surface area contributed by atoms with Gasteiger partial charge in [0.25, 0.3) is 0 Å². The van der Waals surface area contributed by atoms with Crippen LogP contribution in [-0.2, 0) is 0 Å². The Labute approximate surface area is 128 Å². The molecule has 0 fully saturated rings. The summed E-state index contributed by atoms with van der Waals surface area (Å²) in [5.41, 5.74) is 3.08. The lowest BCUT2D eigenvalue weighted by Crippen LogP contribution is -1.93. The number of para-hydroxylation sites is 1. The van der Waals surface area contributed by atoms with Crippen LogP contribution in [0.15, 0.2) is 85.2 Å². The number of anilines is 2. The molecule has 3 nitrogen and oxygen atoms in total. The fourth-order valence-corrected chi connectivity index (χ4v) is 2.54. The second-order valence-corrected chi connectivity index (χ2v) is 5.20. The molecular formula is C19H15N3. The first kappa shape index (κ1) is 12.7. The van der Waals surface area contributed by atoms with Crippen LogP contribution >= 0.6 is 0 Å². The van der Waals surface area contributed by atoms with Crippen LogP contribution in [0.25, 0.3) is 16.5 Å². The van der Waals surface area contributed by atoms with Crippen molar-refractivity contribution >= 4 is 22.1 Å². The van der Waals surface area contributed by atoms with Crippen molar-refractivity contribution in [1.29, 1.82) is 0 Å². The molecule has 0 atom stereocenters. The van der Waals surface area contributed by atoms with Crippen LogP contribution < -0.4 is 5.32 Å². The van der Waals surface area contributed by atoms with Crippen LogP contribution in [0.5, 0.6) is 0 Å². The van der Waals surface area contributed by atoms with E-state index in [9.17, 15) is 0 Å². The van der Waals surface area contributed by atoms with Gasteiger partial charge < -0.3 is 5.32 Å². The van der Waals surface area contributed by atoms with E-state index >= 15 is 0 Å². The van der Waals surface area contributed by atoms with E-state index in [-0.39, 0.29) is 0 Å². The summed E-state index contributed by atoms with van der Waals surface area (Å²) in [6.45, 7) is 0. The normalized spacial score (nSPS) is 10.7. The van der Waals surface area contributed by atoms with Gasteiger partial charge in [-0.15, -0.1) is 0 Å². The van der Waals surface area contributed by atoms with Gasteiger partial charge in [0, 0.05) is 5.69 Å². The zero-order valence-electron chi connectivity index (χ0n) is 12.0. The molecule has 1 aromatic heterocycles. The molecule has 0 bridgehead atoms. The SMILES string of the molecule is c1ccc(-n2cc(Nc3ccc4ccccc4c3)cn2)cc1. The van der Waals surface area contributed by atoms with E-state index in [2.05, 4.69) is 52.9 Å². The largest absolute Gasteiger partial charge is 0.353 e. The first-order valence-electron chi connectivity index (χ1n) is 7.24. The van der Waals surface area contributed by atoms with E-state index in [4.69, 9.17) is 0 Å². The lowest BCUT2D eigenvalue weighted by Gasteiger charge is -2.05. The van der Waals surface area contributed by atoms with Crippen LogP contribution in [0.2, 0.25) is 0 Å². The highest BCUT2D eigenvalue weighted by atomic mass is 15.3. The van der Waals surface area contributed by atoms with Gasteiger partial charge in [-0.1, -0.05) is 48.5 Å². The Balaban J connectivity index is 1.61. The second-order valence-electron chi connectivity index (χ2n) is 5.20. The van der Waals surface area contributed by atoms with Crippen LogP contribution in [0, 0.1) is 0 Å². The van der Waals surface area contributed by atoms with Crippen molar-refractivity contribution in [3.8, 4) is 5.69 Å². The summed E-state index contributed by atoms with van der Waals surface area (Å²) in [5, 5.41) is 10.3. The molecule has 0 saturated heterocycles. The summed E-state index contributed by atoms with van der Waals surface area (Å²) in [6, 6.07) is 24.8. The molecule has 0 amide bonds. The zero-order chi connectivity index (χ0) is 14.8. The quantitative estimate of drug-likeness (QED) is 0.587. The highest BCUT2D eigenvalue weighted by molar-refractivity contribution is 5.86. The standard InChI is InChI=1S/C19H15N3/c1-2-8-19(9-3-1)22-14-18(13-20-22)21-17-11-10-15-6-4-5-7-16(15)12-17/h1-14,21H. The maximum absolute atomic E-state index is 4.40. The first-order valence-corrected chi connectivity index (χ1v) is 7.24. The third-order valence-corrected chi connectivity index (χ3v) is 3.64. The maximum atomic E-state index is 4.40. The van der Waals surface area contributed by atoms with E-state index in [0.29, 0.717) is 0 Å². The smallest absolute Gasteiger partial charge is 0.0775 e. The number of fused-ring (bicyclic) bond motifs is 1. The fraction of sp³-hybridized carbons (Fsp3) is 0. The summed E-state index contributed by atoms with van der Waals surface area (Å²) >= 11 is 0. The molecule has 1 heterocycles. The minimum Gasteiger partial charge on any atom is -0.353 e. The van der Waals surface area contributed by atoms with Gasteiger partial charge in [0.05, 0.1) is 23.8 Å².